The second-order valence-electron chi connectivity index (χ2n) is 6.11. The van der Waals surface area contributed by atoms with E-state index in [2.05, 4.69) is 21.7 Å². The van der Waals surface area contributed by atoms with Crippen molar-refractivity contribution in [2.24, 2.45) is 10.1 Å². The summed E-state index contributed by atoms with van der Waals surface area (Å²) in [4.78, 5) is 4.28. The lowest BCUT2D eigenvalue weighted by atomic mass is 10.1. The number of nitrogens with two attached hydrogens (primary N) is 1. The van der Waals surface area contributed by atoms with Crippen molar-refractivity contribution in [2.45, 2.75) is 24.8 Å². The summed E-state index contributed by atoms with van der Waals surface area (Å²) >= 11 is 0. The Bertz CT molecular complexity index is 917. The molecule has 154 valence electrons. The Morgan fingerprint density at radius 2 is 1.93 bits per heavy atom. The fourth-order valence-electron chi connectivity index (χ4n) is 2.66. The standard InChI is InChI=1S/C19H26N4O3S.HI/c1-14-7-8-18(26-3)16(11-14)9-10-22-19(21-2)23-13-15-5-4-6-17(12-15)27(20,24)25;/h4-8,11-12H,9-10,13H2,1-3H3,(H2,20,24,25)(H2,21,22,23);1H. The number of nitrogens with one attached hydrogen (secondary N) is 2. The van der Waals surface area contributed by atoms with E-state index in [1.807, 2.05) is 25.1 Å². The molecular formula is C19H27IN4O3S. The molecule has 7 nitrogen and oxygen atoms in total. The molecule has 0 amide bonds. The zero-order chi connectivity index (χ0) is 19.9. The number of nitrogens with zero attached hydrogens (tertiary/aromatic N) is 1. The lowest BCUT2D eigenvalue weighted by Gasteiger charge is -2.14. The van der Waals surface area contributed by atoms with E-state index in [1.165, 1.54) is 11.6 Å². The van der Waals surface area contributed by atoms with Crippen LogP contribution in [0.2, 0.25) is 0 Å². The second kappa shape index (κ2) is 11.2. The van der Waals surface area contributed by atoms with Crippen LogP contribution in [0.4, 0.5) is 0 Å². The fraction of sp³-hybridized carbons (Fsp3) is 0.316. The molecule has 0 saturated heterocycles. The topological polar surface area (TPSA) is 106 Å². The minimum Gasteiger partial charge on any atom is -0.496 e. The maximum Gasteiger partial charge on any atom is 0.238 e. The lowest BCUT2D eigenvalue weighted by Crippen LogP contribution is -2.37. The molecule has 0 aromatic heterocycles. The molecule has 2 aromatic rings. The first-order valence-electron chi connectivity index (χ1n) is 8.53. The number of halogens is 1. The summed E-state index contributed by atoms with van der Waals surface area (Å²) in [6, 6.07) is 12.6. The van der Waals surface area contributed by atoms with Gasteiger partial charge in [0.15, 0.2) is 5.96 Å². The van der Waals surface area contributed by atoms with Gasteiger partial charge in [0.1, 0.15) is 5.75 Å². The van der Waals surface area contributed by atoms with Crippen LogP contribution in [0, 0.1) is 6.92 Å². The molecule has 0 aliphatic carbocycles. The van der Waals surface area contributed by atoms with Crippen LogP contribution in [0.25, 0.3) is 0 Å². The van der Waals surface area contributed by atoms with Crippen LogP contribution in [0.1, 0.15) is 16.7 Å². The average Bonchev–Trinajstić information content (AvgIpc) is 2.64. The number of rotatable bonds is 7. The van der Waals surface area contributed by atoms with Crippen LogP contribution in [0.3, 0.4) is 0 Å². The Kier molecular flexibility index (Phi) is 9.70. The van der Waals surface area contributed by atoms with E-state index in [9.17, 15) is 8.42 Å². The third kappa shape index (κ3) is 7.28. The van der Waals surface area contributed by atoms with Crippen molar-refractivity contribution >= 4 is 40.0 Å². The first-order chi connectivity index (χ1) is 12.8. The van der Waals surface area contributed by atoms with Gasteiger partial charge in [-0.05, 0) is 42.7 Å². The summed E-state index contributed by atoms with van der Waals surface area (Å²) in [6.07, 6.45) is 0.784. The van der Waals surface area contributed by atoms with E-state index in [1.54, 1.807) is 26.3 Å². The van der Waals surface area contributed by atoms with Crippen LogP contribution in [0.5, 0.6) is 5.75 Å². The quantitative estimate of drug-likeness (QED) is 0.296. The van der Waals surface area contributed by atoms with Crippen molar-refractivity contribution < 1.29 is 13.2 Å². The summed E-state index contributed by atoms with van der Waals surface area (Å²) in [5, 5.41) is 11.6. The third-order valence-corrected chi connectivity index (χ3v) is 4.94. The number of aryl methyl sites for hydroxylation is 1. The Balaban J connectivity index is 0.00000392. The molecule has 9 heteroatoms. The number of primary sulfonamides is 1. The maximum atomic E-state index is 11.4. The highest BCUT2D eigenvalue weighted by Gasteiger charge is 2.08. The third-order valence-electron chi connectivity index (χ3n) is 4.03. The summed E-state index contributed by atoms with van der Waals surface area (Å²) in [7, 11) is -0.362. The van der Waals surface area contributed by atoms with Gasteiger partial charge in [0.2, 0.25) is 10.0 Å². The molecule has 0 unspecified atom stereocenters. The van der Waals surface area contributed by atoms with E-state index in [4.69, 9.17) is 9.88 Å². The first-order valence-corrected chi connectivity index (χ1v) is 10.1. The SMILES string of the molecule is CN=C(NCCc1cc(C)ccc1OC)NCc1cccc(S(N)(=O)=O)c1.I. The molecule has 28 heavy (non-hydrogen) atoms. The highest BCUT2D eigenvalue weighted by Crippen LogP contribution is 2.19. The molecule has 0 radical (unpaired) electrons. The molecule has 0 aliphatic rings. The van der Waals surface area contributed by atoms with E-state index < -0.39 is 10.0 Å². The van der Waals surface area contributed by atoms with Crippen molar-refractivity contribution in [3.05, 3.63) is 59.2 Å². The Hall–Kier alpha value is -1.85. The lowest BCUT2D eigenvalue weighted by molar-refractivity contribution is 0.409. The second-order valence-corrected chi connectivity index (χ2v) is 7.67. The summed E-state index contributed by atoms with van der Waals surface area (Å²) in [5.74, 6) is 1.49. The van der Waals surface area contributed by atoms with Crippen molar-refractivity contribution in [3.63, 3.8) is 0 Å². The van der Waals surface area contributed by atoms with Gasteiger partial charge in [0.05, 0.1) is 12.0 Å². The molecule has 0 spiro atoms. The minimum atomic E-state index is -3.71. The van der Waals surface area contributed by atoms with Crippen molar-refractivity contribution in [1.82, 2.24) is 10.6 Å². The zero-order valence-electron chi connectivity index (χ0n) is 16.2. The summed E-state index contributed by atoms with van der Waals surface area (Å²) in [6.45, 7) is 3.15. The Morgan fingerprint density at radius 3 is 2.57 bits per heavy atom. The molecule has 4 N–H and O–H groups in total. The molecule has 0 heterocycles. The van der Waals surface area contributed by atoms with Crippen LogP contribution >= 0.6 is 24.0 Å². The Labute approximate surface area is 183 Å². The number of aliphatic imine (C=N–C) groups is 1. The van der Waals surface area contributed by atoms with Gasteiger partial charge in [-0.3, -0.25) is 4.99 Å². The number of hydrogen-bond donors (Lipinski definition) is 3. The van der Waals surface area contributed by atoms with E-state index in [0.29, 0.717) is 19.0 Å². The van der Waals surface area contributed by atoms with Gasteiger partial charge >= 0.3 is 0 Å². The summed E-state index contributed by atoms with van der Waals surface area (Å²) in [5.41, 5.74) is 3.11. The number of methoxy groups -OCH3 is 1. The van der Waals surface area contributed by atoms with E-state index in [0.717, 1.165) is 23.3 Å². The highest BCUT2D eigenvalue weighted by molar-refractivity contribution is 14.0. The fourth-order valence-corrected chi connectivity index (χ4v) is 3.24. The smallest absolute Gasteiger partial charge is 0.238 e. The van der Waals surface area contributed by atoms with Gasteiger partial charge in [-0.2, -0.15) is 0 Å². The average molecular weight is 518 g/mol. The van der Waals surface area contributed by atoms with Gasteiger partial charge < -0.3 is 15.4 Å². The normalized spacial score (nSPS) is 11.5. The van der Waals surface area contributed by atoms with Gasteiger partial charge in [0, 0.05) is 20.1 Å². The molecular weight excluding hydrogens is 491 g/mol. The number of sulfonamides is 1. The van der Waals surface area contributed by atoms with Crippen LogP contribution in [-0.2, 0) is 23.0 Å². The number of guanidine groups is 1. The first kappa shape index (κ1) is 24.2. The number of ether oxygens (including phenoxy) is 1. The van der Waals surface area contributed by atoms with Crippen LogP contribution in [0.15, 0.2) is 52.4 Å². The molecule has 0 bridgehead atoms. The number of hydrogen-bond acceptors (Lipinski definition) is 4. The zero-order valence-corrected chi connectivity index (χ0v) is 19.4. The predicted octanol–water partition coefficient (Wildman–Crippen LogP) is 2.18. The molecule has 0 saturated carbocycles. The molecule has 0 fully saturated rings. The number of benzene rings is 2. The molecule has 2 rings (SSSR count). The van der Waals surface area contributed by atoms with Gasteiger partial charge in [-0.15, -0.1) is 24.0 Å². The van der Waals surface area contributed by atoms with Crippen molar-refractivity contribution in [2.75, 3.05) is 20.7 Å². The highest BCUT2D eigenvalue weighted by atomic mass is 127. The van der Waals surface area contributed by atoms with E-state index >= 15 is 0 Å². The molecule has 2 aromatic carbocycles. The van der Waals surface area contributed by atoms with E-state index in [-0.39, 0.29) is 28.9 Å². The summed E-state index contributed by atoms with van der Waals surface area (Å²) < 4.78 is 28.3. The maximum absolute atomic E-state index is 11.4. The predicted molar refractivity (Wildman–Crippen MR) is 123 cm³/mol. The van der Waals surface area contributed by atoms with Gasteiger partial charge in [0.25, 0.3) is 0 Å². The van der Waals surface area contributed by atoms with Crippen molar-refractivity contribution in [3.8, 4) is 5.75 Å². The largest absolute Gasteiger partial charge is 0.496 e. The molecule has 0 aliphatic heterocycles. The minimum absolute atomic E-state index is 0. The van der Waals surface area contributed by atoms with Crippen molar-refractivity contribution in [1.29, 1.82) is 0 Å². The van der Waals surface area contributed by atoms with Crippen LogP contribution in [-0.4, -0.2) is 35.1 Å². The van der Waals surface area contributed by atoms with Gasteiger partial charge in [-0.1, -0.05) is 29.8 Å². The van der Waals surface area contributed by atoms with Crippen LogP contribution < -0.4 is 20.5 Å². The Morgan fingerprint density at radius 1 is 1.18 bits per heavy atom. The monoisotopic (exact) mass is 518 g/mol. The van der Waals surface area contributed by atoms with Gasteiger partial charge in [-0.25, -0.2) is 13.6 Å². The molecule has 0 atom stereocenters.